The van der Waals surface area contributed by atoms with Crippen molar-refractivity contribution in [2.75, 3.05) is 7.05 Å². The van der Waals surface area contributed by atoms with Crippen LogP contribution in [0.2, 0.25) is 0 Å². The van der Waals surface area contributed by atoms with Crippen LogP contribution in [0.4, 0.5) is 0 Å². The van der Waals surface area contributed by atoms with Gasteiger partial charge < -0.3 is 20.8 Å². The summed E-state index contributed by atoms with van der Waals surface area (Å²) in [6, 6.07) is 4.03. The first kappa shape index (κ1) is 16.3. The molecule has 0 bridgehead atoms. The molecular formula is C15H24N2O3. The molecule has 1 atom stereocenters. The number of phenolic OH excluding ortho intramolecular Hbond substituents is 2. The van der Waals surface area contributed by atoms with Crippen LogP contribution in [0.15, 0.2) is 18.2 Å². The van der Waals surface area contributed by atoms with Gasteiger partial charge in [-0.3, -0.25) is 4.79 Å². The van der Waals surface area contributed by atoms with Gasteiger partial charge in [0, 0.05) is 13.1 Å². The number of rotatable bonds is 6. The molecule has 0 saturated carbocycles. The molecule has 0 spiro atoms. The highest BCUT2D eigenvalue weighted by Gasteiger charge is 2.23. The molecule has 112 valence electrons. The predicted octanol–water partition coefficient (Wildman–Crippen LogP) is 1.61. The van der Waals surface area contributed by atoms with Crippen LogP contribution in [0.5, 0.6) is 11.5 Å². The van der Waals surface area contributed by atoms with Crippen LogP contribution >= 0.6 is 0 Å². The molecule has 0 aliphatic rings. The first-order chi connectivity index (χ1) is 9.40. The maximum absolute atomic E-state index is 12.2. The van der Waals surface area contributed by atoms with Gasteiger partial charge >= 0.3 is 0 Å². The maximum Gasteiger partial charge on any atom is 0.239 e. The summed E-state index contributed by atoms with van der Waals surface area (Å²) >= 11 is 0. The van der Waals surface area contributed by atoms with Crippen LogP contribution in [-0.4, -0.2) is 40.2 Å². The summed E-state index contributed by atoms with van der Waals surface area (Å²) in [5.41, 5.74) is 6.67. The fourth-order valence-electron chi connectivity index (χ4n) is 2.32. The van der Waals surface area contributed by atoms with Crippen molar-refractivity contribution in [1.29, 1.82) is 0 Å². The van der Waals surface area contributed by atoms with E-state index in [2.05, 4.69) is 0 Å². The Balaban J connectivity index is 2.72. The number of hydrogen-bond acceptors (Lipinski definition) is 4. The molecule has 0 unspecified atom stereocenters. The van der Waals surface area contributed by atoms with Gasteiger partial charge in [0.1, 0.15) is 0 Å². The number of hydrogen-bond donors (Lipinski definition) is 3. The summed E-state index contributed by atoms with van der Waals surface area (Å²) in [7, 11) is 1.77. The van der Waals surface area contributed by atoms with E-state index < -0.39 is 6.04 Å². The van der Waals surface area contributed by atoms with Gasteiger partial charge in [-0.05, 0) is 37.0 Å². The van der Waals surface area contributed by atoms with Crippen LogP contribution in [0.3, 0.4) is 0 Å². The number of likely N-dealkylation sites (N-methyl/N-ethyl adjacent to an activating group) is 1. The molecule has 1 amide bonds. The second-order valence-corrected chi connectivity index (χ2v) is 5.05. The Kier molecular flexibility index (Phi) is 5.82. The molecule has 0 aliphatic heterocycles. The topological polar surface area (TPSA) is 86.8 Å². The van der Waals surface area contributed by atoms with Gasteiger partial charge in [-0.1, -0.05) is 19.9 Å². The van der Waals surface area contributed by atoms with E-state index in [1.165, 1.54) is 12.1 Å². The molecule has 1 rings (SSSR count). The van der Waals surface area contributed by atoms with Crippen LogP contribution < -0.4 is 5.73 Å². The maximum atomic E-state index is 12.2. The van der Waals surface area contributed by atoms with Crippen molar-refractivity contribution < 1.29 is 15.0 Å². The summed E-state index contributed by atoms with van der Waals surface area (Å²) in [5, 5.41) is 18.7. The quantitative estimate of drug-likeness (QED) is 0.691. The zero-order valence-corrected chi connectivity index (χ0v) is 12.3. The van der Waals surface area contributed by atoms with E-state index in [9.17, 15) is 15.0 Å². The highest BCUT2D eigenvalue weighted by Crippen LogP contribution is 2.25. The molecule has 0 aromatic heterocycles. The van der Waals surface area contributed by atoms with Crippen molar-refractivity contribution in [1.82, 2.24) is 4.90 Å². The molecule has 0 saturated heterocycles. The third-order valence-corrected chi connectivity index (χ3v) is 3.65. The lowest BCUT2D eigenvalue weighted by atomic mass is 10.0. The lowest BCUT2D eigenvalue weighted by Gasteiger charge is -2.28. The smallest absolute Gasteiger partial charge is 0.239 e. The highest BCUT2D eigenvalue weighted by atomic mass is 16.3. The summed E-state index contributed by atoms with van der Waals surface area (Å²) in [5.74, 6) is -0.482. The molecule has 0 aliphatic carbocycles. The Morgan fingerprint density at radius 1 is 1.25 bits per heavy atom. The molecule has 0 fully saturated rings. The molecular weight excluding hydrogens is 256 g/mol. The standard InChI is InChI=1S/C15H24N2O3/c1-4-11(5-2)17(3)15(20)12(16)8-10-6-7-13(18)14(19)9-10/h6-7,9,11-12,18-19H,4-5,8,16H2,1-3H3/t12-/m0/s1. The largest absolute Gasteiger partial charge is 0.504 e. The summed E-state index contributed by atoms with van der Waals surface area (Å²) in [6.45, 7) is 4.09. The van der Waals surface area contributed by atoms with E-state index in [-0.39, 0.29) is 23.4 Å². The van der Waals surface area contributed by atoms with Gasteiger partial charge in [-0.2, -0.15) is 0 Å². The van der Waals surface area contributed by atoms with Gasteiger partial charge in [0.2, 0.25) is 5.91 Å². The third-order valence-electron chi connectivity index (χ3n) is 3.65. The number of phenols is 2. The van der Waals surface area contributed by atoms with E-state index in [1.807, 2.05) is 13.8 Å². The summed E-state index contributed by atoms with van der Waals surface area (Å²) < 4.78 is 0. The van der Waals surface area contributed by atoms with E-state index >= 15 is 0 Å². The van der Waals surface area contributed by atoms with E-state index in [4.69, 9.17) is 5.73 Å². The number of amides is 1. The number of carbonyl (C=O) groups is 1. The number of carbonyl (C=O) groups excluding carboxylic acids is 1. The minimum absolute atomic E-state index is 0.105. The fraction of sp³-hybridized carbons (Fsp3) is 0.533. The van der Waals surface area contributed by atoms with Gasteiger partial charge in [-0.15, -0.1) is 0 Å². The number of benzene rings is 1. The Morgan fingerprint density at radius 2 is 1.85 bits per heavy atom. The predicted molar refractivity (Wildman–Crippen MR) is 78.6 cm³/mol. The van der Waals surface area contributed by atoms with Crippen molar-refractivity contribution in [3.63, 3.8) is 0 Å². The lowest BCUT2D eigenvalue weighted by Crippen LogP contribution is -2.47. The minimum atomic E-state index is -0.649. The molecule has 4 N–H and O–H groups in total. The number of aromatic hydroxyl groups is 2. The molecule has 0 heterocycles. The van der Waals surface area contributed by atoms with E-state index in [0.717, 1.165) is 18.4 Å². The van der Waals surface area contributed by atoms with Crippen molar-refractivity contribution >= 4 is 5.91 Å². The monoisotopic (exact) mass is 280 g/mol. The van der Waals surface area contributed by atoms with Crippen molar-refractivity contribution in [3.8, 4) is 11.5 Å². The Hall–Kier alpha value is -1.75. The average molecular weight is 280 g/mol. The van der Waals surface area contributed by atoms with Crippen molar-refractivity contribution in [3.05, 3.63) is 23.8 Å². The molecule has 20 heavy (non-hydrogen) atoms. The summed E-state index contributed by atoms with van der Waals surface area (Å²) in [6.07, 6.45) is 2.12. The molecule has 1 aromatic carbocycles. The molecule has 5 nitrogen and oxygen atoms in total. The van der Waals surface area contributed by atoms with E-state index in [1.54, 1.807) is 18.0 Å². The number of nitrogens with two attached hydrogens (primary N) is 1. The van der Waals surface area contributed by atoms with Crippen molar-refractivity contribution in [2.45, 2.75) is 45.2 Å². The van der Waals surface area contributed by atoms with Crippen LogP contribution in [0.25, 0.3) is 0 Å². The summed E-state index contributed by atoms with van der Waals surface area (Å²) in [4.78, 5) is 13.9. The average Bonchev–Trinajstić information content (AvgIpc) is 2.43. The Bertz CT molecular complexity index is 458. The van der Waals surface area contributed by atoms with Gasteiger partial charge in [0.25, 0.3) is 0 Å². The zero-order chi connectivity index (χ0) is 15.3. The molecule has 0 radical (unpaired) electrons. The highest BCUT2D eigenvalue weighted by molar-refractivity contribution is 5.82. The molecule has 1 aromatic rings. The minimum Gasteiger partial charge on any atom is -0.504 e. The second kappa shape index (κ2) is 7.14. The first-order valence-electron chi connectivity index (χ1n) is 6.93. The number of nitrogens with zero attached hydrogens (tertiary/aromatic N) is 1. The van der Waals surface area contributed by atoms with Crippen LogP contribution in [0, 0.1) is 0 Å². The molecule has 5 heteroatoms. The first-order valence-corrected chi connectivity index (χ1v) is 6.93. The second-order valence-electron chi connectivity index (χ2n) is 5.05. The zero-order valence-electron chi connectivity index (χ0n) is 12.3. The van der Waals surface area contributed by atoms with Gasteiger partial charge in [0.15, 0.2) is 11.5 Å². The van der Waals surface area contributed by atoms with Gasteiger partial charge in [-0.25, -0.2) is 0 Å². The van der Waals surface area contributed by atoms with Crippen molar-refractivity contribution in [2.24, 2.45) is 5.73 Å². The normalized spacial score (nSPS) is 12.4. The Morgan fingerprint density at radius 3 is 2.35 bits per heavy atom. The fourth-order valence-corrected chi connectivity index (χ4v) is 2.32. The van der Waals surface area contributed by atoms with Gasteiger partial charge in [0.05, 0.1) is 6.04 Å². The van der Waals surface area contributed by atoms with Crippen LogP contribution in [0.1, 0.15) is 32.3 Å². The lowest BCUT2D eigenvalue weighted by molar-refractivity contribution is -0.133. The Labute approximate surface area is 120 Å². The van der Waals surface area contributed by atoms with E-state index in [0.29, 0.717) is 6.42 Å². The third kappa shape index (κ3) is 3.87. The SMILES string of the molecule is CCC(CC)N(C)C(=O)[C@@H](N)Cc1ccc(O)c(O)c1. The van der Waals surface area contributed by atoms with Crippen LogP contribution in [-0.2, 0) is 11.2 Å².